The van der Waals surface area contributed by atoms with E-state index in [2.05, 4.69) is 59.7 Å². The van der Waals surface area contributed by atoms with E-state index in [1.807, 2.05) is 0 Å². The molecule has 2 aromatic carbocycles. The molecule has 0 saturated carbocycles. The highest BCUT2D eigenvalue weighted by molar-refractivity contribution is 5.85. The van der Waals surface area contributed by atoms with Crippen LogP contribution < -0.4 is 5.32 Å². The Balaban J connectivity index is 1.42. The topological polar surface area (TPSA) is 15.3 Å². The van der Waals surface area contributed by atoms with E-state index in [0.717, 1.165) is 24.5 Å². The zero-order chi connectivity index (χ0) is 14.2. The fourth-order valence-electron chi connectivity index (χ4n) is 4.25. The second kappa shape index (κ2) is 5.34. The van der Waals surface area contributed by atoms with E-state index in [0.29, 0.717) is 0 Å². The van der Waals surface area contributed by atoms with E-state index < -0.39 is 0 Å². The molecule has 0 amide bonds. The van der Waals surface area contributed by atoms with Crippen LogP contribution in [0.5, 0.6) is 0 Å². The number of fused-ring (bicyclic) bond motifs is 3. The zero-order valence-corrected chi connectivity index (χ0v) is 12.8. The van der Waals surface area contributed by atoms with E-state index >= 15 is 0 Å². The molecule has 2 nitrogen and oxygen atoms in total. The van der Waals surface area contributed by atoms with Crippen LogP contribution in [0, 0.1) is 5.92 Å². The third-order valence-electron chi connectivity index (χ3n) is 5.54. The number of anilines is 1. The van der Waals surface area contributed by atoms with Crippen molar-refractivity contribution in [2.24, 2.45) is 5.92 Å². The molecule has 4 rings (SSSR count). The Morgan fingerprint density at radius 2 is 1.71 bits per heavy atom. The standard InChI is InChI=1S/C19H24N2/c1-21-18-8-9-19(21)11-14(10-18)13-20-17-7-6-15-4-2-3-5-16(15)12-17/h2-7,12,14,18-20H,8-11,13H2,1H3. The first kappa shape index (κ1) is 13.1. The van der Waals surface area contributed by atoms with E-state index in [1.54, 1.807) is 0 Å². The molecule has 2 unspecified atom stereocenters. The van der Waals surface area contributed by atoms with Crippen LogP contribution in [0.2, 0.25) is 0 Å². The van der Waals surface area contributed by atoms with Gasteiger partial charge in [0.05, 0.1) is 0 Å². The molecule has 0 aromatic heterocycles. The van der Waals surface area contributed by atoms with Crippen molar-refractivity contribution >= 4 is 16.5 Å². The number of rotatable bonds is 3. The highest BCUT2D eigenvalue weighted by atomic mass is 15.2. The molecular weight excluding hydrogens is 256 g/mol. The number of nitrogens with one attached hydrogen (secondary N) is 1. The zero-order valence-electron chi connectivity index (χ0n) is 12.8. The molecule has 0 spiro atoms. The van der Waals surface area contributed by atoms with Crippen molar-refractivity contribution in [1.29, 1.82) is 0 Å². The smallest absolute Gasteiger partial charge is 0.0346 e. The third-order valence-corrected chi connectivity index (χ3v) is 5.54. The lowest BCUT2D eigenvalue weighted by Crippen LogP contribution is -2.41. The molecule has 2 heterocycles. The first-order valence-corrected chi connectivity index (χ1v) is 8.24. The van der Waals surface area contributed by atoms with Gasteiger partial charge in [-0.05, 0) is 61.6 Å². The molecule has 2 bridgehead atoms. The second-order valence-electron chi connectivity index (χ2n) is 6.83. The fraction of sp³-hybridized carbons (Fsp3) is 0.474. The van der Waals surface area contributed by atoms with Crippen molar-refractivity contribution in [3.8, 4) is 0 Å². The van der Waals surface area contributed by atoms with Gasteiger partial charge < -0.3 is 10.2 Å². The Bertz CT molecular complexity index is 622. The van der Waals surface area contributed by atoms with Gasteiger partial charge in [-0.2, -0.15) is 0 Å². The van der Waals surface area contributed by atoms with Gasteiger partial charge in [-0.1, -0.05) is 30.3 Å². The second-order valence-corrected chi connectivity index (χ2v) is 6.83. The summed E-state index contributed by atoms with van der Waals surface area (Å²) in [4.78, 5) is 2.62. The van der Waals surface area contributed by atoms with E-state index in [-0.39, 0.29) is 0 Å². The lowest BCUT2D eigenvalue weighted by atomic mass is 9.91. The van der Waals surface area contributed by atoms with E-state index in [4.69, 9.17) is 0 Å². The molecule has 2 fully saturated rings. The maximum Gasteiger partial charge on any atom is 0.0346 e. The molecular formula is C19H24N2. The molecule has 2 aromatic rings. The van der Waals surface area contributed by atoms with Crippen molar-refractivity contribution in [3.63, 3.8) is 0 Å². The molecule has 1 N–H and O–H groups in total. The normalized spacial score (nSPS) is 28.9. The van der Waals surface area contributed by atoms with Crippen LogP contribution in [0.1, 0.15) is 25.7 Å². The Hall–Kier alpha value is -1.54. The van der Waals surface area contributed by atoms with E-state index in [1.165, 1.54) is 42.1 Å². The Labute approximate surface area is 127 Å². The maximum atomic E-state index is 3.67. The van der Waals surface area contributed by atoms with E-state index in [9.17, 15) is 0 Å². The summed E-state index contributed by atoms with van der Waals surface area (Å²) in [6.45, 7) is 1.12. The van der Waals surface area contributed by atoms with Gasteiger partial charge in [0.25, 0.3) is 0 Å². The fourth-order valence-corrected chi connectivity index (χ4v) is 4.25. The Morgan fingerprint density at radius 3 is 2.48 bits per heavy atom. The molecule has 2 aliphatic heterocycles. The monoisotopic (exact) mass is 280 g/mol. The first-order valence-electron chi connectivity index (χ1n) is 8.24. The quantitative estimate of drug-likeness (QED) is 0.909. The minimum absolute atomic E-state index is 0.838. The predicted molar refractivity (Wildman–Crippen MR) is 89.7 cm³/mol. The molecule has 21 heavy (non-hydrogen) atoms. The molecule has 2 aliphatic rings. The van der Waals surface area contributed by atoms with Crippen LogP contribution in [0.4, 0.5) is 5.69 Å². The summed E-state index contributed by atoms with van der Waals surface area (Å²) in [6.07, 6.45) is 5.56. The summed E-state index contributed by atoms with van der Waals surface area (Å²) in [5.74, 6) is 0.838. The average Bonchev–Trinajstić information content (AvgIpc) is 2.75. The number of benzene rings is 2. The Kier molecular flexibility index (Phi) is 3.34. The van der Waals surface area contributed by atoms with Crippen LogP contribution in [-0.4, -0.2) is 30.6 Å². The van der Waals surface area contributed by atoms with Gasteiger partial charge in [-0.15, -0.1) is 0 Å². The molecule has 2 atom stereocenters. The van der Waals surface area contributed by atoms with Crippen LogP contribution in [0.3, 0.4) is 0 Å². The van der Waals surface area contributed by atoms with Gasteiger partial charge in [-0.25, -0.2) is 0 Å². The van der Waals surface area contributed by atoms with Crippen LogP contribution in [0.15, 0.2) is 42.5 Å². The molecule has 2 heteroatoms. The van der Waals surface area contributed by atoms with Gasteiger partial charge in [0, 0.05) is 24.3 Å². The van der Waals surface area contributed by atoms with Gasteiger partial charge in [0.15, 0.2) is 0 Å². The van der Waals surface area contributed by atoms with Gasteiger partial charge in [0.1, 0.15) is 0 Å². The summed E-state index contributed by atoms with van der Waals surface area (Å²) in [6, 6.07) is 17.0. The van der Waals surface area contributed by atoms with Crippen molar-refractivity contribution < 1.29 is 0 Å². The number of hydrogen-bond donors (Lipinski definition) is 1. The Morgan fingerprint density at radius 1 is 1.00 bits per heavy atom. The summed E-state index contributed by atoms with van der Waals surface area (Å²) in [5.41, 5.74) is 1.26. The van der Waals surface area contributed by atoms with Crippen LogP contribution in [0.25, 0.3) is 10.8 Å². The largest absolute Gasteiger partial charge is 0.385 e. The first-order chi connectivity index (χ1) is 10.3. The molecule has 0 radical (unpaired) electrons. The highest BCUT2D eigenvalue weighted by Crippen LogP contribution is 2.37. The predicted octanol–water partition coefficient (Wildman–Crippen LogP) is 4.12. The highest BCUT2D eigenvalue weighted by Gasteiger charge is 2.37. The van der Waals surface area contributed by atoms with Crippen LogP contribution in [-0.2, 0) is 0 Å². The number of hydrogen-bond acceptors (Lipinski definition) is 2. The lowest BCUT2D eigenvalue weighted by molar-refractivity contribution is 0.139. The molecule has 110 valence electrons. The molecule has 2 saturated heterocycles. The summed E-state index contributed by atoms with van der Waals surface area (Å²) < 4.78 is 0. The minimum Gasteiger partial charge on any atom is -0.385 e. The maximum absolute atomic E-state index is 3.67. The van der Waals surface area contributed by atoms with Crippen molar-refractivity contribution in [2.45, 2.75) is 37.8 Å². The third kappa shape index (κ3) is 2.53. The summed E-state index contributed by atoms with van der Waals surface area (Å²) in [7, 11) is 2.31. The minimum atomic E-state index is 0.838. The van der Waals surface area contributed by atoms with Crippen LogP contribution >= 0.6 is 0 Å². The summed E-state index contributed by atoms with van der Waals surface area (Å²) >= 11 is 0. The van der Waals surface area contributed by atoms with Gasteiger partial charge in [-0.3, -0.25) is 0 Å². The SMILES string of the molecule is CN1C2CCC1CC(CNc1ccc3ccccc3c1)C2. The van der Waals surface area contributed by atoms with Crippen molar-refractivity contribution in [1.82, 2.24) is 4.90 Å². The van der Waals surface area contributed by atoms with Gasteiger partial charge in [0.2, 0.25) is 0 Å². The molecule has 0 aliphatic carbocycles. The number of nitrogens with zero attached hydrogens (tertiary/aromatic N) is 1. The lowest BCUT2D eigenvalue weighted by Gasteiger charge is -2.36. The van der Waals surface area contributed by atoms with Gasteiger partial charge >= 0.3 is 0 Å². The van der Waals surface area contributed by atoms with Crippen molar-refractivity contribution in [2.75, 3.05) is 18.9 Å². The van der Waals surface area contributed by atoms with Crippen molar-refractivity contribution in [3.05, 3.63) is 42.5 Å². The summed E-state index contributed by atoms with van der Waals surface area (Å²) in [5, 5.41) is 6.32. The average molecular weight is 280 g/mol. The number of piperidine rings is 1.